The summed E-state index contributed by atoms with van der Waals surface area (Å²) in [6.07, 6.45) is 0. The Kier molecular flexibility index (Phi) is 6.90. The second-order valence-electron chi connectivity index (χ2n) is 9.06. The number of benzene rings is 4. The van der Waals surface area contributed by atoms with E-state index in [4.69, 9.17) is 4.74 Å². The van der Waals surface area contributed by atoms with E-state index in [0.717, 1.165) is 16.7 Å². The fourth-order valence-corrected chi connectivity index (χ4v) is 4.10. The highest BCUT2D eigenvalue weighted by molar-refractivity contribution is 5.86. The van der Waals surface area contributed by atoms with Crippen molar-refractivity contribution in [1.82, 2.24) is 5.32 Å². The fraction of sp³-hybridized carbons (Fsp3) is 0.233. The molecule has 4 aromatic carbocycles. The molecule has 0 saturated heterocycles. The molecule has 0 unspecified atom stereocenters. The van der Waals surface area contributed by atoms with Crippen molar-refractivity contribution in [3.05, 3.63) is 119 Å². The van der Waals surface area contributed by atoms with Gasteiger partial charge in [-0.05, 0) is 53.8 Å². The molecule has 0 heterocycles. The summed E-state index contributed by atoms with van der Waals surface area (Å²) < 4.78 is 5.63. The van der Waals surface area contributed by atoms with Crippen LogP contribution in [-0.4, -0.2) is 5.97 Å². The first-order chi connectivity index (χ1) is 15.9. The van der Waals surface area contributed by atoms with E-state index in [1.54, 1.807) is 0 Å². The summed E-state index contributed by atoms with van der Waals surface area (Å²) in [6.45, 7) is 7.04. The molecular formula is C30H31NO2. The SMILES string of the molecule is C[C@@H](NCc1cccc(C(C)(C)C(=O)OCc2ccccc2)c1)c1cccc2ccccc12. The van der Waals surface area contributed by atoms with Crippen molar-refractivity contribution in [3.8, 4) is 0 Å². The minimum absolute atomic E-state index is 0.198. The van der Waals surface area contributed by atoms with Crippen LogP contribution in [0.3, 0.4) is 0 Å². The number of rotatable bonds is 8. The van der Waals surface area contributed by atoms with E-state index in [2.05, 4.69) is 66.8 Å². The molecule has 33 heavy (non-hydrogen) atoms. The minimum Gasteiger partial charge on any atom is -0.460 e. The summed E-state index contributed by atoms with van der Waals surface area (Å²) in [5.41, 5.74) is 3.64. The molecule has 0 saturated carbocycles. The summed E-state index contributed by atoms with van der Waals surface area (Å²) >= 11 is 0. The lowest BCUT2D eigenvalue weighted by Gasteiger charge is -2.24. The molecule has 0 spiro atoms. The lowest BCUT2D eigenvalue weighted by atomic mass is 9.84. The van der Waals surface area contributed by atoms with Gasteiger partial charge in [-0.25, -0.2) is 0 Å². The molecule has 0 bridgehead atoms. The van der Waals surface area contributed by atoms with Crippen molar-refractivity contribution in [2.24, 2.45) is 0 Å². The number of carbonyl (C=O) groups is 1. The molecular weight excluding hydrogens is 406 g/mol. The maximum absolute atomic E-state index is 12.9. The second kappa shape index (κ2) is 10.0. The monoisotopic (exact) mass is 437 g/mol. The molecule has 1 N–H and O–H groups in total. The number of hydrogen-bond donors (Lipinski definition) is 1. The van der Waals surface area contributed by atoms with Gasteiger partial charge in [-0.1, -0.05) is 97.1 Å². The maximum atomic E-state index is 12.9. The van der Waals surface area contributed by atoms with Crippen LogP contribution in [0.4, 0.5) is 0 Å². The van der Waals surface area contributed by atoms with Gasteiger partial charge in [0.1, 0.15) is 6.61 Å². The summed E-state index contributed by atoms with van der Waals surface area (Å²) in [5, 5.41) is 6.17. The molecule has 0 aliphatic heterocycles. The first-order valence-corrected chi connectivity index (χ1v) is 11.5. The fourth-order valence-electron chi connectivity index (χ4n) is 4.10. The predicted molar refractivity (Wildman–Crippen MR) is 135 cm³/mol. The number of hydrogen-bond acceptors (Lipinski definition) is 3. The van der Waals surface area contributed by atoms with Crippen LogP contribution >= 0.6 is 0 Å². The summed E-state index contributed by atoms with van der Waals surface area (Å²) in [5.74, 6) is -0.222. The van der Waals surface area contributed by atoms with E-state index in [1.165, 1.54) is 16.3 Å². The third kappa shape index (κ3) is 5.32. The highest BCUT2D eigenvalue weighted by Gasteiger charge is 2.31. The Morgan fingerprint density at radius 1 is 0.848 bits per heavy atom. The van der Waals surface area contributed by atoms with Gasteiger partial charge in [-0.15, -0.1) is 0 Å². The molecule has 4 aromatic rings. The first kappa shape index (κ1) is 22.8. The van der Waals surface area contributed by atoms with Crippen molar-refractivity contribution >= 4 is 16.7 Å². The summed E-state index contributed by atoms with van der Waals surface area (Å²) in [7, 11) is 0. The molecule has 3 heteroatoms. The lowest BCUT2D eigenvalue weighted by Crippen LogP contribution is -2.31. The van der Waals surface area contributed by atoms with Crippen LogP contribution in [0.2, 0.25) is 0 Å². The minimum atomic E-state index is -0.730. The average Bonchev–Trinajstić information content (AvgIpc) is 2.86. The van der Waals surface area contributed by atoms with Crippen molar-refractivity contribution in [1.29, 1.82) is 0 Å². The largest absolute Gasteiger partial charge is 0.460 e. The Balaban J connectivity index is 1.43. The van der Waals surface area contributed by atoms with Gasteiger partial charge in [-0.2, -0.15) is 0 Å². The second-order valence-corrected chi connectivity index (χ2v) is 9.06. The molecule has 1 atom stereocenters. The molecule has 0 fully saturated rings. The third-order valence-electron chi connectivity index (χ3n) is 6.27. The molecule has 0 radical (unpaired) electrons. The number of carbonyl (C=O) groups excluding carboxylic acids is 1. The van der Waals surface area contributed by atoms with Gasteiger partial charge in [-0.3, -0.25) is 4.79 Å². The van der Waals surface area contributed by atoms with Gasteiger partial charge >= 0.3 is 5.97 Å². The number of nitrogens with one attached hydrogen (secondary N) is 1. The standard InChI is InChI=1S/C30H31NO2/c1-22(27-18-10-15-25-14-7-8-17-28(25)27)31-20-24-13-9-16-26(19-24)30(2,3)29(32)33-21-23-11-5-4-6-12-23/h4-19,22,31H,20-21H2,1-3H3/t22-/m1/s1. The highest BCUT2D eigenvalue weighted by Crippen LogP contribution is 2.27. The molecule has 4 rings (SSSR count). The Morgan fingerprint density at radius 2 is 1.52 bits per heavy atom. The van der Waals surface area contributed by atoms with Crippen molar-refractivity contribution in [2.75, 3.05) is 0 Å². The highest BCUT2D eigenvalue weighted by atomic mass is 16.5. The van der Waals surface area contributed by atoms with Crippen LogP contribution in [-0.2, 0) is 28.1 Å². The quantitative estimate of drug-likeness (QED) is 0.311. The Bertz CT molecular complexity index is 1230. The van der Waals surface area contributed by atoms with Crippen molar-refractivity contribution < 1.29 is 9.53 Å². The van der Waals surface area contributed by atoms with E-state index in [9.17, 15) is 4.79 Å². The van der Waals surface area contributed by atoms with E-state index in [1.807, 2.05) is 56.3 Å². The molecule has 0 aromatic heterocycles. The molecule has 3 nitrogen and oxygen atoms in total. The van der Waals surface area contributed by atoms with Gasteiger partial charge in [0.2, 0.25) is 0 Å². The zero-order valence-corrected chi connectivity index (χ0v) is 19.5. The van der Waals surface area contributed by atoms with E-state index in [-0.39, 0.29) is 18.6 Å². The van der Waals surface area contributed by atoms with E-state index < -0.39 is 5.41 Å². The lowest BCUT2D eigenvalue weighted by molar-refractivity contribution is -0.150. The van der Waals surface area contributed by atoms with Gasteiger partial charge in [0.15, 0.2) is 0 Å². The van der Waals surface area contributed by atoms with Crippen molar-refractivity contribution in [2.45, 2.75) is 45.4 Å². The number of esters is 1. The van der Waals surface area contributed by atoms with E-state index >= 15 is 0 Å². The van der Waals surface area contributed by atoms with Crippen LogP contribution in [0.25, 0.3) is 10.8 Å². The maximum Gasteiger partial charge on any atom is 0.316 e. The van der Waals surface area contributed by atoms with Crippen LogP contribution in [0.5, 0.6) is 0 Å². The first-order valence-electron chi connectivity index (χ1n) is 11.5. The summed E-state index contributed by atoms with van der Waals surface area (Å²) in [4.78, 5) is 12.9. The van der Waals surface area contributed by atoms with Gasteiger partial charge in [0, 0.05) is 12.6 Å². The Hall–Kier alpha value is -3.43. The normalized spacial score (nSPS) is 12.5. The number of fused-ring (bicyclic) bond motifs is 1. The smallest absolute Gasteiger partial charge is 0.316 e. The van der Waals surface area contributed by atoms with Gasteiger partial charge in [0.05, 0.1) is 5.41 Å². The van der Waals surface area contributed by atoms with Gasteiger partial charge in [0.25, 0.3) is 0 Å². The van der Waals surface area contributed by atoms with Crippen LogP contribution < -0.4 is 5.32 Å². The predicted octanol–water partition coefficient (Wildman–Crippen LogP) is 6.71. The zero-order valence-electron chi connectivity index (χ0n) is 19.5. The van der Waals surface area contributed by atoms with Crippen LogP contribution in [0, 0.1) is 0 Å². The Morgan fingerprint density at radius 3 is 2.33 bits per heavy atom. The van der Waals surface area contributed by atoms with Crippen LogP contribution in [0.15, 0.2) is 97.1 Å². The van der Waals surface area contributed by atoms with Crippen LogP contribution in [0.1, 0.15) is 49.1 Å². The molecule has 168 valence electrons. The third-order valence-corrected chi connectivity index (χ3v) is 6.27. The molecule has 0 aliphatic carbocycles. The molecule has 0 amide bonds. The average molecular weight is 438 g/mol. The Labute approximate surface area is 196 Å². The topological polar surface area (TPSA) is 38.3 Å². The van der Waals surface area contributed by atoms with E-state index in [0.29, 0.717) is 6.54 Å². The number of ether oxygens (including phenoxy) is 1. The molecule has 0 aliphatic rings. The van der Waals surface area contributed by atoms with Gasteiger partial charge < -0.3 is 10.1 Å². The summed E-state index contributed by atoms with van der Waals surface area (Å²) in [6, 6.07) is 33.1. The van der Waals surface area contributed by atoms with Crippen molar-refractivity contribution in [3.63, 3.8) is 0 Å². The zero-order chi connectivity index (χ0) is 23.3.